The normalized spacial score (nSPS) is 11.8. The molecule has 1 aromatic carbocycles. The summed E-state index contributed by atoms with van der Waals surface area (Å²) in [5.41, 5.74) is 0.156. The lowest BCUT2D eigenvalue weighted by atomic mass is 10.1. The number of rotatable bonds is 7. The molecule has 20 heavy (non-hydrogen) atoms. The van der Waals surface area contributed by atoms with Crippen molar-refractivity contribution in [2.75, 3.05) is 19.7 Å². The number of aliphatic hydroxyl groups is 2. The molecule has 0 amide bonds. The second-order valence-electron chi connectivity index (χ2n) is 4.23. The zero-order valence-corrected chi connectivity index (χ0v) is 12.0. The average Bonchev–Trinajstić information content (AvgIpc) is 2.41. The van der Waals surface area contributed by atoms with Gasteiger partial charge in [0.25, 0.3) is 0 Å². The molecule has 5 nitrogen and oxygen atoms in total. The molecule has 0 saturated heterocycles. The predicted octanol–water partition coefficient (Wildman–Crippen LogP) is 0.795. The summed E-state index contributed by atoms with van der Waals surface area (Å²) in [7, 11) is -3.96. The Bertz CT molecular complexity index is 586. The molecule has 0 saturated carbocycles. The largest absolute Gasteiger partial charge is 0.395 e. The summed E-state index contributed by atoms with van der Waals surface area (Å²) in [6, 6.07) is 2.33. The van der Waals surface area contributed by atoms with Crippen LogP contribution in [-0.2, 0) is 16.6 Å². The van der Waals surface area contributed by atoms with E-state index >= 15 is 0 Å². The monoisotopic (exact) mass is 303 g/mol. The molecule has 0 bridgehead atoms. The maximum Gasteiger partial charge on any atom is 0.243 e. The van der Waals surface area contributed by atoms with E-state index in [4.69, 9.17) is 10.2 Å². The van der Waals surface area contributed by atoms with E-state index in [9.17, 15) is 12.8 Å². The molecule has 1 aromatic rings. The summed E-state index contributed by atoms with van der Waals surface area (Å²) in [6.07, 6.45) is 1.38. The third-order valence-electron chi connectivity index (χ3n) is 2.84. The van der Waals surface area contributed by atoms with Crippen molar-refractivity contribution in [1.29, 1.82) is 0 Å². The maximum atomic E-state index is 13.7. The van der Waals surface area contributed by atoms with Crippen LogP contribution in [0.1, 0.15) is 11.1 Å². The lowest BCUT2D eigenvalue weighted by Gasteiger charge is -2.21. The second kappa shape index (κ2) is 6.94. The van der Waals surface area contributed by atoms with Gasteiger partial charge in [0.2, 0.25) is 10.0 Å². The van der Waals surface area contributed by atoms with Crippen LogP contribution in [0, 0.1) is 12.7 Å². The summed E-state index contributed by atoms with van der Waals surface area (Å²) >= 11 is 0. The Hall–Kier alpha value is -1.28. The van der Waals surface area contributed by atoms with Crippen molar-refractivity contribution >= 4 is 10.0 Å². The van der Waals surface area contributed by atoms with Crippen molar-refractivity contribution in [3.05, 3.63) is 41.7 Å². The number of sulfonamides is 1. The standard InChI is InChI=1S/C13H18FNO4S/c1-3-4-15(5-6-16)20(18,19)13-8-11(9-17)7-12(14)10(13)2/h3,7-8,16-17H,1,4-6,9H2,2H3. The van der Waals surface area contributed by atoms with E-state index < -0.39 is 22.4 Å². The van der Waals surface area contributed by atoms with Gasteiger partial charge in [-0.1, -0.05) is 6.08 Å². The zero-order chi connectivity index (χ0) is 15.3. The van der Waals surface area contributed by atoms with Crippen LogP contribution in [0.15, 0.2) is 29.7 Å². The van der Waals surface area contributed by atoms with Gasteiger partial charge in [-0.25, -0.2) is 12.8 Å². The van der Waals surface area contributed by atoms with Crippen LogP contribution >= 0.6 is 0 Å². The van der Waals surface area contributed by atoms with Crippen LogP contribution in [0.25, 0.3) is 0 Å². The third kappa shape index (κ3) is 3.43. The minimum Gasteiger partial charge on any atom is -0.395 e. The lowest BCUT2D eigenvalue weighted by molar-refractivity contribution is 0.260. The van der Waals surface area contributed by atoms with Crippen LogP contribution in [0.5, 0.6) is 0 Å². The van der Waals surface area contributed by atoms with Crippen LogP contribution in [0.2, 0.25) is 0 Å². The topological polar surface area (TPSA) is 77.8 Å². The van der Waals surface area contributed by atoms with Gasteiger partial charge in [0.05, 0.1) is 18.1 Å². The van der Waals surface area contributed by atoms with E-state index in [1.807, 2.05) is 0 Å². The Morgan fingerprint density at radius 1 is 1.40 bits per heavy atom. The van der Waals surface area contributed by atoms with Crippen molar-refractivity contribution in [1.82, 2.24) is 4.31 Å². The van der Waals surface area contributed by atoms with E-state index in [0.717, 1.165) is 10.4 Å². The van der Waals surface area contributed by atoms with Gasteiger partial charge in [0, 0.05) is 18.7 Å². The van der Waals surface area contributed by atoms with E-state index in [0.29, 0.717) is 0 Å². The van der Waals surface area contributed by atoms with E-state index in [2.05, 4.69) is 6.58 Å². The number of aliphatic hydroxyl groups excluding tert-OH is 2. The van der Waals surface area contributed by atoms with Crippen molar-refractivity contribution in [3.63, 3.8) is 0 Å². The molecule has 0 aliphatic heterocycles. The van der Waals surface area contributed by atoms with Gasteiger partial charge in [0.1, 0.15) is 5.82 Å². The van der Waals surface area contributed by atoms with Gasteiger partial charge < -0.3 is 10.2 Å². The van der Waals surface area contributed by atoms with E-state index in [-0.39, 0.29) is 35.7 Å². The highest BCUT2D eigenvalue weighted by molar-refractivity contribution is 7.89. The Labute approximate surface area is 118 Å². The fourth-order valence-corrected chi connectivity index (χ4v) is 3.46. The molecule has 0 fully saturated rings. The first-order valence-electron chi connectivity index (χ1n) is 6.00. The number of hydrogen-bond acceptors (Lipinski definition) is 4. The summed E-state index contributed by atoms with van der Waals surface area (Å²) in [5, 5.41) is 18.0. The molecule has 2 N–H and O–H groups in total. The van der Waals surface area contributed by atoms with E-state index in [1.54, 1.807) is 0 Å². The lowest BCUT2D eigenvalue weighted by Crippen LogP contribution is -2.34. The summed E-state index contributed by atoms with van der Waals surface area (Å²) in [4.78, 5) is -0.211. The maximum absolute atomic E-state index is 13.7. The van der Waals surface area contributed by atoms with Crippen LogP contribution < -0.4 is 0 Å². The quantitative estimate of drug-likeness (QED) is 0.730. The van der Waals surface area contributed by atoms with Gasteiger partial charge in [-0.05, 0) is 24.6 Å². The molecule has 0 unspecified atom stereocenters. The molecular formula is C13H18FNO4S. The van der Waals surface area contributed by atoms with Crippen LogP contribution in [0.3, 0.4) is 0 Å². The van der Waals surface area contributed by atoms with Crippen molar-refractivity contribution in [2.24, 2.45) is 0 Å². The second-order valence-corrected chi connectivity index (χ2v) is 6.14. The third-order valence-corrected chi connectivity index (χ3v) is 4.83. The van der Waals surface area contributed by atoms with Crippen LogP contribution in [0.4, 0.5) is 4.39 Å². The minimum absolute atomic E-state index is 0.00725. The number of benzene rings is 1. The molecule has 0 aromatic heterocycles. The molecule has 0 heterocycles. The van der Waals surface area contributed by atoms with Gasteiger partial charge in [0.15, 0.2) is 0 Å². The highest BCUT2D eigenvalue weighted by Crippen LogP contribution is 2.24. The molecule has 0 spiro atoms. The molecule has 0 aliphatic rings. The molecule has 0 atom stereocenters. The first-order chi connectivity index (χ1) is 9.38. The zero-order valence-electron chi connectivity index (χ0n) is 11.2. The summed E-state index contributed by atoms with van der Waals surface area (Å²) < 4.78 is 39.7. The first kappa shape index (κ1) is 16.8. The van der Waals surface area contributed by atoms with Crippen molar-refractivity contribution in [3.8, 4) is 0 Å². The smallest absolute Gasteiger partial charge is 0.243 e. The minimum atomic E-state index is -3.96. The van der Waals surface area contributed by atoms with Crippen LogP contribution in [-0.4, -0.2) is 42.6 Å². The van der Waals surface area contributed by atoms with Gasteiger partial charge in [-0.3, -0.25) is 0 Å². The van der Waals surface area contributed by atoms with Gasteiger partial charge >= 0.3 is 0 Å². The molecule has 0 aliphatic carbocycles. The van der Waals surface area contributed by atoms with Gasteiger partial charge in [-0.2, -0.15) is 4.31 Å². The molecule has 0 radical (unpaired) electrons. The number of halogens is 1. The van der Waals surface area contributed by atoms with Crippen molar-refractivity contribution < 1.29 is 23.0 Å². The van der Waals surface area contributed by atoms with E-state index in [1.165, 1.54) is 19.1 Å². The fourth-order valence-electron chi connectivity index (χ4n) is 1.77. The molecule has 1 rings (SSSR count). The highest BCUT2D eigenvalue weighted by atomic mass is 32.2. The molecule has 7 heteroatoms. The first-order valence-corrected chi connectivity index (χ1v) is 7.44. The fraction of sp³-hybridized carbons (Fsp3) is 0.385. The summed E-state index contributed by atoms with van der Waals surface area (Å²) in [5.74, 6) is -0.697. The Kier molecular flexibility index (Phi) is 5.82. The Morgan fingerprint density at radius 2 is 2.05 bits per heavy atom. The number of nitrogens with zero attached hydrogens (tertiary/aromatic N) is 1. The molecule has 112 valence electrons. The average molecular weight is 303 g/mol. The predicted molar refractivity (Wildman–Crippen MR) is 73.1 cm³/mol. The SMILES string of the molecule is C=CCN(CCO)S(=O)(=O)c1cc(CO)cc(F)c1C. The summed E-state index contributed by atoms with van der Waals surface area (Å²) in [6.45, 7) is 3.90. The Morgan fingerprint density at radius 3 is 2.55 bits per heavy atom. The highest BCUT2D eigenvalue weighted by Gasteiger charge is 2.26. The molecular weight excluding hydrogens is 285 g/mol. The Balaban J connectivity index is 3.39. The van der Waals surface area contributed by atoms with Gasteiger partial charge in [-0.15, -0.1) is 6.58 Å². The van der Waals surface area contributed by atoms with Crippen molar-refractivity contribution in [2.45, 2.75) is 18.4 Å². The number of hydrogen-bond donors (Lipinski definition) is 2.